The Bertz CT molecular complexity index is 473. The van der Waals surface area contributed by atoms with Crippen molar-refractivity contribution in [1.29, 1.82) is 0 Å². The number of carbonyl (C=O) groups excluding carboxylic acids is 2. The highest BCUT2D eigenvalue weighted by Gasteiger charge is 2.47. The summed E-state index contributed by atoms with van der Waals surface area (Å²) < 4.78 is 5.26. The fourth-order valence-electron chi connectivity index (χ4n) is 2.34. The molecule has 18 heavy (non-hydrogen) atoms. The normalized spacial score (nSPS) is 23.5. The molecule has 1 aromatic carbocycles. The molecule has 0 spiro atoms. The summed E-state index contributed by atoms with van der Waals surface area (Å²) in [6, 6.07) is 6.69. The van der Waals surface area contributed by atoms with Gasteiger partial charge >= 0.3 is 6.03 Å². The molecule has 0 aromatic heterocycles. The maximum atomic E-state index is 12.2. The van der Waals surface area contributed by atoms with Crippen molar-refractivity contribution in [2.45, 2.75) is 13.0 Å². The summed E-state index contributed by atoms with van der Waals surface area (Å²) in [4.78, 5) is 27.3. The first-order valence-electron chi connectivity index (χ1n) is 5.97. The van der Waals surface area contributed by atoms with Crippen LogP contribution in [0.4, 0.5) is 10.5 Å². The summed E-state index contributed by atoms with van der Waals surface area (Å²) in [5.74, 6) is -0.191. The third kappa shape index (κ3) is 1.59. The Morgan fingerprint density at radius 3 is 2.61 bits per heavy atom. The number of ether oxygens (including phenoxy) is 1. The topological polar surface area (TPSA) is 49.9 Å². The molecule has 3 amide bonds. The Morgan fingerprint density at radius 1 is 1.22 bits per heavy atom. The maximum Gasteiger partial charge on any atom is 0.332 e. The molecule has 0 N–H and O–H groups in total. The first-order valence-corrected chi connectivity index (χ1v) is 5.97. The van der Waals surface area contributed by atoms with Gasteiger partial charge in [0.15, 0.2) is 0 Å². The van der Waals surface area contributed by atoms with Crippen molar-refractivity contribution in [3.05, 3.63) is 29.8 Å². The van der Waals surface area contributed by atoms with Crippen LogP contribution in [-0.2, 0) is 9.53 Å². The molecule has 0 saturated carbocycles. The van der Waals surface area contributed by atoms with Crippen molar-refractivity contribution in [1.82, 2.24) is 4.90 Å². The quantitative estimate of drug-likeness (QED) is 0.699. The van der Waals surface area contributed by atoms with Crippen LogP contribution in [0, 0.1) is 6.92 Å². The van der Waals surface area contributed by atoms with Crippen LogP contribution in [0.2, 0.25) is 0 Å². The van der Waals surface area contributed by atoms with Gasteiger partial charge in [-0.3, -0.25) is 4.79 Å². The molecule has 1 unspecified atom stereocenters. The van der Waals surface area contributed by atoms with Crippen LogP contribution < -0.4 is 4.90 Å². The van der Waals surface area contributed by atoms with Gasteiger partial charge in [0.05, 0.1) is 18.9 Å². The number of hydrogen-bond acceptors (Lipinski definition) is 3. The summed E-state index contributed by atoms with van der Waals surface area (Å²) in [5, 5.41) is 0. The molecule has 0 bridgehead atoms. The minimum absolute atomic E-state index is 0.191. The van der Waals surface area contributed by atoms with Crippen molar-refractivity contribution in [2.24, 2.45) is 0 Å². The summed E-state index contributed by atoms with van der Waals surface area (Å²) in [5.41, 5.74) is 1.73. The van der Waals surface area contributed by atoms with E-state index in [0.29, 0.717) is 25.4 Å². The van der Waals surface area contributed by atoms with Gasteiger partial charge in [-0.25, -0.2) is 9.69 Å². The van der Waals surface area contributed by atoms with Gasteiger partial charge < -0.3 is 9.64 Å². The standard InChI is InChI=1S/C13H14N2O3/c1-9-2-4-10(5-3-9)15-12(16)11-8-18-7-6-14(11)13(15)17/h2-5,11H,6-8H2,1H3. The van der Waals surface area contributed by atoms with E-state index in [1.54, 1.807) is 17.0 Å². The molecule has 0 aliphatic carbocycles. The van der Waals surface area contributed by atoms with Crippen LogP contribution in [0.3, 0.4) is 0 Å². The molecule has 3 rings (SSSR count). The molecule has 5 heteroatoms. The lowest BCUT2D eigenvalue weighted by molar-refractivity contribution is -0.123. The number of carbonyl (C=O) groups is 2. The van der Waals surface area contributed by atoms with Crippen LogP contribution in [0.25, 0.3) is 0 Å². The van der Waals surface area contributed by atoms with Crippen LogP contribution in [0.1, 0.15) is 5.56 Å². The number of anilines is 1. The maximum absolute atomic E-state index is 12.2. The van der Waals surface area contributed by atoms with Gasteiger partial charge in [0.1, 0.15) is 6.04 Å². The average molecular weight is 246 g/mol. The SMILES string of the molecule is Cc1ccc(N2C(=O)C3COCCN3C2=O)cc1. The molecule has 2 aliphatic heterocycles. The number of fused-ring (bicyclic) bond motifs is 1. The summed E-state index contributed by atoms with van der Waals surface area (Å²) in [6.07, 6.45) is 0. The molecule has 1 atom stereocenters. The summed E-state index contributed by atoms with van der Waals surface area (Å²) in [6.45, 7) is 3.25. The van der Waals surface area contributed by atoms with Crippen LogP contribution in [0.5, 0.6) is 0 Å². The van der Waals surface area contributed by atoms with Gasteiger partial charge in [-0.15, -0.1) is 0 Å². The van der Waals surface area contributed by atoms with E-state index >= 15 is 0 Å². The third-order valence-electron chi connectivity index (χ3n) is 3.36. The molecule has 2 fully saturated rings. The number of nitrogens with zero attached hydrogens (tertiary/aromatic N) is 2. The monoisotopic (exact) mass is 246 g/mol. The highest BCUT2D eigenvalue weighted by atomic mass is 16.5. The number of amides is 3. The van der Waals surface area contributed by atoms with Crippen molar-refractivity contribution < 1.29 is 14.3 Å². The van der Waals surface area contributed by atoms with E-state index in [9.17, 15) is 9.59 Å². The smallest absolute Gasteiger partial charge is 0.332 e. The van der Waals surface area contributed by atoms with Gasteiger partial charge in [-0.05, 0) is 19.1 Å². The van der Waals surface area contributed by atoms with Gasteiger partial charge in [-0.2, -0.15) is 0 Å². The second kappa shape index (κ2) is 4.10. The average Bonchev–Trinajstić information content (AvgIpc) is 2.64. The van der Waals surface area contributed by atoms with E-state index in [0.717, 1.165) is 5.56 Å². The Hall–Kier alpha value is -1.88. The van der Waals surface area contributed by atoms with Gasteiger partial charge in [0.2, 0.25) is 0 Å². The van der Waals surface area contributed by atoms with Crippen LogP contribution >= 0.6 is 0 Å². The van der Waals surface area contributed by atoms with Crippen LogP contribution in [-0.4, -0.2) is 42.6 Å². The van der Waals surface area contributed by atoms with E-state index in [2.05, 4.69) is 0 Å². The summed E-state index contributed by atoms with van der Waals surface area (Å²) >= 11 is 0. The minimum atomic E-state index is -0.451. The van der Waals surface area contributed by atoms with Gasteiger partial charge in [-0.1, -0.05) is 17.7 Å². The zero-order chi connectivity index (χ0) is 12.7. The zero-order valence-electron chi connectivity index (χ0n) is 10.1. The van der Waals surface area contributed by atoms with Crippen LogP contribution in [0.15, 0.2) is 24.3 Å². The Balaban J connectivity index is 1.95. The number of benzene rings is 1. The number of morpholine rings is 1. The Labute approximate surface area is 105 Å². The molecule has 2 saturated heterocycles. The predicted octanol–water partition coefficient (Wildman–Crippen LogP) is 1.16. The largest absolute Gasteiger partial charge is 0.377 e. The molecule has 5 nitrogen and oxygen atoms in total. The second-order valence-electron chi connectivity index (χ2n) is 4.58. The second-order valence-corrected chi connectivity index (χ2v) is 4.58. The number of hydrogen-bond donors (Lipinski definition) is 0. The van der Waals surface area contributed by atoms with Gasteiger partial charge in [0, 0.05) is 6.54 Å². The van der Waals surface area contributed by atoms with E-state index < -0.39 is 6.04 Å². The first-order chi connectivity index (χ1) is 8.68. The van der Waals surface area contributed by atoms with Crippen molar-refractivity contribution in [3.63, 3.8) is 0 Å². The number of rotatable bonds is 1. The van der Waals surface area contributed by atoms with Crippen molar-refractivity contribution in [2.75, 3.05) is 24.7 Å². The van der Waals surface area contributed by atoms with E-state index in [-0.39, 0.29) is 11.9 Å². The molecule has 94 valence electrons. The highest BCUT2D eigenvalue weighted by molar-refractivity contribution is 6.21. The van der Waals surface area contributed by atoms with Crippen molar-refractivity contribution in [3.8, 4) is 0 Å². The predicted molar refractivity (Wildman–Crippen MR) is 65.4 cm³/mol. The van der Waals surface area contributed by atoms with E-state index in [1.165, 1.54) is 4.90 Å². The highest BCUT2D eigenvalue weighted by Crippen LogP contribution is 2.26. The third-order valence-corrected chi connectivity index (χ3v) is 3.36. The number of urea groups is 1. The lowest BCUT2D eigenvalue weighted by Crippen LogP contribution is -2.45. The number of aryl methyl sites for hydroxylation is 1. The Morgan fingerprint density at radius 2 is 1.94 bits per heavy atom. The number of imide groups is 1. The molecule has 0 radical (unpaired) electrons. The lowest BCUT2D eigenvalue weighted by Gasteiger charge is -2.26. The van der Waals surface area contributed by atoms with Gasteiger partial charge in [0.25, 0.3) is 5.91 Å². The summed E-state index contributed by atoms with van der Waals surface area (Å²) in [7, 11) is 0. The molecular weight excluding hydrogens is 232 g/mol. The Kier molecular flexibility index (Phi) is 2.56. The fraction of sp³-hybridized carbons (Fsp3) is 0.385. The molecule has 2 heterocycles. The lowest BCUT2D eigenvalue weighted by atomic mass is 10.2. The molecule has 1 aromatic rings. The van der Waals surface area contributed by atoms with E-state index in [1.807, 2.05) is 19.1 Å². The zero-order valence-corrected chi connectivity index (χ0v) is 10.1. The molecule has 2 aliphatic rings. The molecular formula is C13H14N2O3. The van der Waals surface area contributed by atoms with Crippen molar-refractivity contribution >= 4 is 17.6 Å². The first kappa shape index (κ1) is 11.2. The minimum Gasteiger partial charge on any atom is -0.377 e. The fourth-order valence-corrected chi connectivity index (χ4v) is 2.34. The van der Waals surface area contributed by atoms with E-state index in [4.69, 9.17) is 4.74 Å².